The van der Waals surface area contributed by atoms with Gasteiger partial charge >= 0.3 is 12.1 Å². The highest BCUT2D eigenvalue weighted by molar-refractivity contribution is 6.02. The molecule has 2 rings (SSSR count). The summed E-state index contributed by atoms with van der Waals surface area (Å²) in [4.78, 5) is 60.4. The van der Waals surface area contributed by atoms with Crippen molar-refractivity contribution in [3.8, 4) is 0 Å². The Kier molecular flexibility index (Phi) is 15.8. The molecule has 0 radical (unpaired) electrons. The molecule has 19 heteroatoms. The third kappa shape index (κ3) is 14.5. The number of anilines is 1. The SMILES string of the molecule is CNC(=O)C(Cc1ccc(C(=N)N)cc1)C(=O)NC(Cc1ccc(N)cc1)C(=O)N[C@@H](CCCNC(=N)N)C(N)=O.O=C(O)C(F)(F)F. The number of halogens is 3. The minimum atomic E-state index is -5.08. The molecule has 0 saturated carbocycles. The molecule has 3 atom stereocenters. The van der Waals surface area contributed by atoms with Crippen LogP contribution in [0.3, 0.4) is 0 Å². The first-order valence-corrected chi connectivity index (χ1v) is 14.1. The highest BCUT2D eigenvalue weighted by Crippen LogP contribution is 2.15. The van der Waals surface area contributed by atoms with E-state index in [0.717, 1.165) is 0 Å². The summed E-state index contributed by atoms with van der Waals surface area (Å²) in [5.74, 6) is -6.97. The predicted molar refractivity (Wildman–Crippen MR) is 169 cm³/mol. The van der Waals surface area contributed by atoms with Gasteiger partial charge in [0.2, 0.25) is 23.6 Å². The van der Waals surface area contributed by atoms with Gasteiger partial charge in [-0.1, -0.05) is 36.4 Å². The Bertz CT molecular complexity index is 1450. The largest absolute Gasteiger partial charge is 0.490 e. The van der Waals surface area contributed by atoms with Crippen molar-refractivity contribution < 1.29 is 42.3 Å². The molecule has 4 amide bonds. The van der Waals surface area contributed by atoms with Crippen molar-refractivity contribution in [2.24, 2.45) is 23.1 Å². The topological polar surface area (TPSA) is 305 Å². The van der Waals surface area contributed by atoms with Crippen LogP contribution in [0, 0.1) is 16.7 Å². The third-order valence-corrected chi connectivity index (χ3v) is 6.52. The molecular weight excluding hydrogens is 641 g/mol. The number of nitrogens with two attached hydrogens (primary N) is 4. The Morgan fingerprint density at radius 1 is 0.812 bits per heavy atom. The average Bonchev–Trinajstić information content (AvgIpc) is 3.01. The number of nitrogen functional groups attached to an aromatic ring is 2. The van der Waals surface area contributed by atoms with E-state index in [4.69, 9.17) is 43.7 Å². The van der Waals surface area contributed by atoms with Gasteiger partial charge in [-0.05, 0) is 42.5 Å². The second-order valence-electron chi connectivity index (χ2n) is 10.2. The summed E-state index contributed by atoms with van der Waals surface area (Å²) in [7, 11) is 1.40. The molecule has 2 unspecified atom stereocenters. The van der Waals surface area contributed by atoms with Crippen LogP contribution in [-0.4, -0.2) is 78.4 Å². The van der Waals surface area contributed by atoms with E-state index in [1.54, 1.807) is 48.5 Å². The number of aliphatic carboxylic acids is 1. The molecule has 2 aromatic rings. The van der Waals surface area contributed by atoms with Crippen LogP contribution in [0.4, 0.5) is 18.9 Å². The Labute approximate surface area is 273 Å². The van der Waals surface area contributed by atoms with Gasteiger partial charge in [0.1, 0.15) is 23.8 Å². The molecule has 0 aliphatic carbocycles. The number of carboxylic acids is 1. The number of carbonyl (C=O) groups excluding carboxylic acids is 4. The van der Waals surface area contributed by atoms with Crippen LogP contribution in [0.15, 0.2) is 48.5 Å². The molecule has 0 aliphatic heterocycles. The van der Waals surface area contributed by atoms with Crippen LogP contribution in [-0.2, 0) is 36.8 Å². The molecule has 16 nitrogen and oxygen atoms in total. The van der Waals surface area contributed by atoms with Gasteiger partial charge in [0.25, 0.3) is 0 Å². The second-order valence-corrected chi connectivity index (χ2v) is 10.2. The van der Waals surface area contributed by atoms with E-state index < -0.39 is 53.8 Å². The van der Waals surface area contributed by atoms with E-state index in [9.17, 15) is 32.3 Å². The van der Waals surface area contributed by atoms with Gasteiger partial charge in [-0.15, -0.1) is 0 Å². The summed E-state index contributed by atoms with van der Waals surface area (Å²) in [5.41, 5.74) is 24.4. The molecular formula is C29H39F3N10O6. The smallest absolute Gasteiger partial charge is 0.475 e. The van der Waals surface area contributed by atoms with E-state index in [2.05, 4.69) is 21.3 Å². The van der Waals surface area contributed by atoms with Crippen LogP contribution < -0.4 is 44.2 Å². The van der Waals surface area contributed by atoms with Crippen LogP contribution in [0.1, 0.15) is 29.5 Å². The Morgan fingerprint density at radius 2 is 1.31 bits per heavy atom. The molecule has 262 valence electrons. The first kappa shape index (κ1) is 40.1. The monoisotopic (exact) mass is 680 g/mol. The third-order valence-electron chi connectivity index (χ3n) is 6.52. The fraction of sp³-hybridized carbons (Fsp3) is 0.345. The van der Waals surface area contributed by atoms with Crippen LogP contribution in [0.2, 0.25) is 0 Å². The summed E-state index contributed by atoms with van der Waals surface area (Å²) in [6, 6.07) is 11.1. The Hall–Kier alpha value is -5.88. The van der Waals surface area contributed by atoms with E-state index >= 15 is 0 Å². The van der Waals surface area contributed by atoms with E-state index in [-0.39, 0.29) is 31.1 Å². The maximum atomic E-state index is 13.4. The molecule has 0 aliphatic rings. The molecule has 2 aromatic carbocycles. The lowest BCUT2D eigenvalue weighted by molar-refractivity contribution is -0.192. The maximum Gasteiger partial charge on any atom is 0.490 e. The molecule has 0 bridgehead atoms. The lowest BCUT2D eigenvalue weighted by atomic mass is 9.95. The summed E-state index contributed by atoms with van der Waals surface area (Å²) in [5, 5.41) is 32.2. The number of nitrogens with one attached hydrogen (secondary N) is 6. The highest BCUT2D eigenvalue weighted by atomic mass is 19.4. The maximum absolute atomic E-state index is 13.4. The number of hydrogen-bond acceptors (Lipinski definition) is 8. The molecule has 15 N–H and O–H groups in total. The molecule has 0 heterocycles. The number of amidine groups is 1. The molecule has 48 heavy (non-hydrogen) atoms. The summed E-state index contributed by atoms with van der Waals surface area (Å²) >= 11 is 0. The van der Waals surface area contributed by atoms with E-state index in [0.29, 0.717) is 35.3 Å². The number of primary amides is 1. The lowest BCUT2D eigenvalue weighted by Crippen LogP contribution is -2.55. The van der Waals surface area contributed by atoms with E-state index in [1.165, 1.54) is 7.05 Å². The van der Waals surface area contributed by atoms with Crippen LogP contribution in [0.25, 0.3) is 0 Å². The number of carbonyl (C=O) groups is 5. The number of hydrogen-bond donors (Lipinski definition) is 11. The Morgan fingerprint density at radius 3 is 1.77 bits per heavy atom. The van der Waals surface area contributed by atoms with Gasteiger partial charge in [-0.3, -0.25) is 30.0 Å². The van der Waals surface area contributed by atoms with Gasteiger partial charge in [-0.2, -0.15) is 13.2 Å². The normalized spacial score (nSPS) is 12.5. The number of benzene rings is 2. The van der Waals surface area contributed by atoms with Crippen molar-refractivity contribution in [1.82, 2.24) is 21.3 Å². The second kappa shape index (κ2) is 18.9. The zero-order valence-electron chi connectivity index (χ0n) is 25.8. The zero-order valence-corrected chi connectivity index (χ0v) is 25.8. The molecule has 0 spiro atoms. The number of alkyl halides is 3. The number of rotatable bonds is 15. The summed E-state index contributed by atoms with van der Waals surface area (Å²) in [6.07, 6.45) is -4.47. The van der Waals surface area contributed by atoms with Crippen molar-refractivity contribution in [3.05, 3.63) is 65.2 Å². The molecule has 0 aromatic heterocycles. The minimum Gasteiger partial charge on any atom is -0.475 e. The lowest BCUT2D eigenvalue weighted by Gasteiger charge is -2.24. The first-order valence-electron chi connectivity index (χ1n) is 14.1. The Balaban J connectivity index is 0.00000148. The van der Waals surface area contributed by atoms with Crippen molar-refractivity contribution in [3.63, 3.8) is 0 Å². The fourth-order valence-corrected chi connectivity index (χ4v) is 3.99. The van der Waals surface area contributed by atoms with Gasteiger partial charge in [0.05, 0.1) is 0 Å². The number of amides is 4. The summed E-state index contributed by atoms with van der Waals surface area (Å²) in [6.45, 7) is 0.293. The molecule has 0 fully saturated rings. The highest BCUT2D eigenvalue weighted by Gasteiger charge is 2.38. The predicted octanol–water partition coefficient (Wildman–Crippen LogP) is -0.948. The van der Waals surface area contributed by atoms with Crippen LogP contribution in [0.5, 0.6) is 0 Å². The van der Waals surface area contributed by atoms with Gasteiger partial charge < -0.3 is 49.3 Å². The minimum absolute atomic E-state index is 0.0208. The first-order chi connectivity index (χ1) is 22.3. The summed E-state index contributed by atoms with van der Waals surface area (Å²) < 4.78 is 31.7. The van der Waals surface area contributed by atoms with E-state index in [1.807, 2.05) is 0 Å². The standard InChI is InChI=1S/C27H38N10O4.C2HF3O2/c1-34-24(39)19(13-15-4-8-17(9-5-15)22(29)30)25(40)37-21(14-16-6-10-18(28)11-7-16)26(41)36-20(23(31)38)3-2-12-35-27(32)33;3-2(4,5)1(6)7/h4-11,19-21H,2-3,12-14,28H2,1H3,(H3,29,30)(H2,31,38)(H,34,39)(H,36,41)(H,37,40)(H4,32,33,35);(H,6,7)/t19?,20-,21?;/m0./s1. The number of carboxylic acid groups (broad SMARTS) is 1. The fourth-order valence-electron chi connectivity index (χ4n) is 3.99. The average molecular weight is 681 g/mol. The quantitative estimate of drug-likeness (QED) is 0.0360. The van der Waals surface area contributed by atoms with Gasteiger partial charge in [-0.25, -0.2) is 4.79 Å². The zero-order chi connectivity index (χ0) is 36.6. The van der Waals surface area contributed by atoms with Crippen molar-refractivity contribution in [1.29, 1.82) is 10.8 Å². The number of guanidine groups is 1. The van der Waals surface area contributed by atoms with Gasteiger partial charge in [0.15, 0.2) is 5.96 Å². The van der Waals surface area contributed by atoms with Crippen molar-refractivity contribution in [2.45, 2.75) is 43.9 Å². The van der Waals surface area contributed by atoms with Crippen molar-refractivity contribution >= 4 is 47.1 Å². The van der Waals surface area contributed by atoms with Gasteiger partial charge in [0, 0.05) is 31.3 Å². The van der Waals surface area contributed by atoms with Crippen LogP contribution >= 0.6 is 0 Å². The van der Waals surface area contributed by atoms with Crippen molar-refractivity contribution in [2.75, 3.05) is 19.3 Å². The molecule has 0 saturated heterocycles.